The van der Waals surface area contributed by atoms with Crippen molar-refractivity contribution in [1.82, 2.24) is 10.6 Å². The van der Waals surface area contributed by atoms with E-state index in [1.165, 1.54) is 0 Å². The molecule has 10 N–H and O–H groups in total. The Morgan fingerprint density at radius 1 is 1.03 bits per heavy atom. The van der Waals surface area contributed by atoms with E-state index in [-0.39, 0.29) is 38.6 Å². The van der Waals surface area contributed by atoms with Crippen LogP contribution in [0.3, 0.4) is 0 Å². The maximum Gasteiger partial charge on any atom is 0.398 e. The average molecular weight is 527 g/mol. The summed E-state index contributed by atoms with van der Waals surface area (Å²) in [4.78, 5) is 30.4. The summed E-state index contributed by atoms with van der Waals surface area (Å²) in [5.41, 5.74) is 18.6. The highest BCUT2D eigenvalue weighted by molar-refractivity contribution is 6.61. The first-order valence-corrected chi connectivity index (χ1v) is 12.5. The van der Waals surface area contributed by atoms with E-state index >= 15 is 0 Å². The highest BCUT2D eigenvalue weighted by Gasteiger charge is 2.40. The summed E-state index contributed by atoms with van der Waals surface area (Å²) >= 11 is 0. The molecule has 13 heteroatoms. The Morgan fingerprint density at radius 3 is 2.26 bits per heavy atom. The van der Waals surface area contributed by atoms with Crippen LogP contribution in [0, 0.1) is 0 Å². The van der Waals surface area contributed by atoms with Crippen molar-refractivity contribution in [3.63, 3.8) is 0 Å². The molecule has 2 atom stereocenters. The van der Waals surface area contributed by atoms with Gasteiger partial charge in [0.15, 0.2) is 5.96 Å². The van der Waals surface area contributed by atoms with Crippen molar-refractivity contribution in [1.29, 1.82) is 0 Å². The predicted molar refractivity (Wildman–Crippen MR) is 143 cm³/mol. The van der Waals surface area contributed by atoms with Crippen molar-refractivity contribution >= 4 is 24.5 Å². The van der Waals surface area contributed by atoms with E-state index in [0.717, 1.165) is 11.1 Å². The van der Waals surface area contributed by atoms with Gasteiger partial charge < -0.3 is 47.3 Å². The SMILES string of the molecule is NCc1ccc(C[C@H](NC(=O)c2ccccc2)C(=O)N[C@@H](CCCN=C(N)N)[B-]2(O)OCC(O)CO2)cc1. The number of carbonyl (C=O) groups excluding carboxylic acids is 2. The lowest BCUT2D eigenvalue weighted by Crippen LogP contribution is -2.66. The smallest absolute Gasteiger partial charge is 0.398 e. The van der Waals surface area contributed by atoms with Gasteiger partial charge in [0.1, 0.15) is 6.04 Å². The van der Waals surface area contributed by atoms with Crippen molar-refractivity contribution < 1.29 is 29.0 Å². The molecule has 1 aliphatic heterocycles. The van der Waals surface area contributed by atoms with Crippen molar-refractivity contribution in [3.8, 4) is 0 Å². The Kier molecular flexibility index (Phi) is 10.6. The molecule has 206 valence electrons. The standard InChI is InChI=1S/C25H36BN6O6/c27-14-18-10-8-17(9-11-18)13-21(31-23(34)19-5-2-1-3-6-19)24(35)32-22(7-4-12-30-25(28)29)26(36)37-15-20(33)16-38-26/h1-3,5-6,8-11,20-22,33,36H,4,7,12-16,27H2,(H,31,34)(H,32,35)(H4,28,29,30)/q-1/t20?,21-,22-,26?/m0/s1. The van der Waals surface area contributed by atoms with Gasteiger partial charge in [0.25, 0.3) is 5.91 Å². The molecular formula is C25H36BN6O6-. The lowest BCUT2D eigenvalue weighted by molar-refractivity contribution is -0.124. The number of nitrogens with zero attached hydrogens (tertiary/aromatic N) is 1. The van der Waals surface area contributed by atoms with Crippen molar-refractivity contribution in [2.75, 3.05) is 19.8 Å². The fraction of sp³-hybridized carbons (Fsp3) is 0.400. The summed E-state index contributed by atoms with van der Waals surface area (Å²) in [5.74, 6) is -2.03. The van der Waals surface area contributed by atoms with Gasteiger partial charge >= 0.3 is 6.75 Å². The van der Waals surface area contributed by atoms with Crippen LogP contribution in [-0.4, -0.2) is 72.5 Å². The second kappa shape index (κ2) is 13.9. The number of hydrogen-bond donors (Lipinski definition) is 7. The summed E-state index contributed by atoms with van der Waals surface area (Å²) in [7, 11) is 0. The van der Waals surface area contributed by atoms with Crippen LogP contribution in [0.25, 0.3) is 0 Å². The average Bonchev–Trinajstić information content (AvgIpc) is 2.92. The van der Waals surface area contributed by atoms with Crippen LogP contribution >= 0.6 is 0 Å². The molecule has 0 saturated carbocycles. The van der Waals surface area contributed by atoms with Crippen LogP contribution in [0.4, 0.5) is 0 Å². The van der Waals surface area contributed by atoms with Crippen molar-refractivity contribution in [3.05, 3.63) is 71.3 Å². The minimum absolute atomic E-state index is 0.0764. The van der Waals surface area contributed by atoms with E-state index in [1.807, 2.05) is 24.3 Å². The van der Waals surface area contributed by atoms with E-state index < -0.39 is 36.7 Å². The van der Waals surface area contributed by atoms with Gasteiger partial charge in [-0.3, -0.25) is 14.6 Å². The molecule has 1 heterocycles. The third kappa shape index (κ3) is 8.53. The number of rotatable bonds is 12. The lowest BCUT2D eigenvalue weighted by atomic mass is 9.65. The highest BCUT2D eigenvalue weighted by Crippen LogP contribution is 2.20. The minimum atomic E-state index is -2.97. The summed E-state index contributed by atoms with van der Waals surface area (Å²) in [6, 6.07) is 15.0. The minimum Gasteiger partial charge on any atom is -0.558 e. The molecule has 2 aromatic rings. The zero-order valence-corrected chi connectivity index (χ0v) is 21.2. The fourth-order valence-corrected chi connectivity index (χ4v) is 4.10. The maximum atomic E-state index is 13.6. The van der Waals surface area contributed by atoms with Crippen LogP contribution in [0.2, 0.25) is 0 Å². The molecule has 0 radical (unpaired) electrons. The van der Waals surface area contributed by atoms with E-state index in [0.29, 0.717) is 18.5 Å². The zero-order valence-electron chi connectivity index (χ0n) is 21.2. The van der Waals surface area contributed by atoms with Crippen molar-refractivity contribution in [2.45, 2.75) is 43.9 Å². The van der Waals surface area contributed by atoms with Gasteiger partial charge in [0, 0.05) is 38.3 Å². The number of aliphatic hydroxyl groups is 1. The van der Waals surface area contributed by atoms with E-state index in [9.17, 15) is 19.7 Å². The Bertz CT molecular complexity index is 1080. The first-order valence-electron chi connectivity index (χ1n) is 12.5. The van der Waals surface area contributed by atoms with Gasteiger partial charge in [-0.05, 0) is 35.6 Å². The van der Waals surface area contributed by atoms with Gasteiger partial charge in [0.2, 0.25) is 5.91 Å². The first kappa shape index (κ1) is 29.1. The molecule has 38 heavy (non-hydrogen) atoms. The topological polar surface area (TPSA) is 208 Å². The van der Waals surface area contributed by atoms with Gasteiger partial charge in [-0.1, -0.05) is 48.9 Å². The maximum absolute atomic E-state index is 13.6. The van der Waals surface area contributed by atoms with Gasteiger partial charge in [-0.25, -0.2) is 0 Å². The van der Waals surface area contributed by atoms with Gasteiger partial charge in [-0.2, -0.15) is 0 Å². The quantitative estimate of drug-likeness (QED) is 0.0773. The molecule has 2 aromatic carbocycles. The third-order valence-corrected chi connectivity index (χ3v) is 6.21. The summed E-state index contributed by atoms with van der Waals surface area (Å²) < 4.78 is 10.9. The summed E-state index contributed by atoms with van der Waals surface area (Å²) in [6.45, 7) is -2.65. The van der Waals surface area contributed by atoms with Crippen LogP contribution in [0.15, 0.2) is 59.6 Å². The molecule has 0 aromatic heterocycles. The van der Waals surface area contributed by atoms with Gasteiger partial charge in [-0.15, -0.1) is 0 Å². The molecule has 1 fully saturated rings. The molecule has 0 unspecified atom stereocenters. The number of nitrogens with one attached hydrogen (secondary N) is 2. The Morgan fingerprint density at radius 2 is 1.66 bits per heavy atom. The van der Waals surface area contributed by atoms with E-state index in [1.54, 1.807) is 30.3 Å². The fourth-order valence-electron chi connectivity index (χ4n) is 4.10. The number of aliphatic hydroxyl groups excluding tert-OH is 1. The number of nitrogens with two attached hydrogens (primary N) is 3. The Labute approximate surface area is 221 Å². The van der Waals surface area contributed by atoms with Crippen molar-refractivity contribution in [2.24, 2.45) is 22.2 Å². The normalized spacial score (nSPS) is 20.7. The molecular weight excluding hydrogens is 491 g/mol. The second-order valence-corrected chi connectivity index (χ2v) is 9.23. The van der Waals surface area contributed by atoms with Crippen LogP contribution < -0.4 is 27.8 Å². The van der Waals surface area contributed by atoms with E-state index in [2.05, 4.69) is 15.6 Å². The molecule has 2 amide bonds. The number of aliphatic imine (C=N–C) groups is 1. The summed E-state index contributed by atoms with van der Waals surface area (Å²) in [5, 5.41) is 26.4. The number of benzene rings is 2. The molecule has 1 saturated heterocycles. The molecule has 1 aliphatic rings. The lowest BCUT2D eigenvalue weighted by Gasteiger charge is -2.47. The number of hydrogen-bond acceptors (Lipinski definition) is 8. The zero-order chi connectivity index (χ0) is 27.5. The third-order valence-electron chi connectivity index (χ3n) is 6.21. The Balaban J connectivity index is 1.80. The van der Waals surface area contributed by atoms with Crippen LogP contribution in [0.5, 0.6) is 0 Å². The summed E-state index contributed by atoms with van der Waals surface area (Å²) in [6.07, 6.45) is -0.116. The van der Waals surface area contributed by atoms with Crippen LogP contribution in [0.1, 0.15) is 34.3 Å². The predicted octanol–water partition coefficient (Wildman–Crippen LogP) is -1.10. The molecule has 12 nitrogen and oxygen atoms in total. The second-order valence-electron chi connectivity index (χ2n) is 9.23. The van der Waals surface area contributed by atoms with Gasteiger partial charge in [0.05, 0.1) is 6.10 Å². The first-order chi connectivity index (χ1) is 18.2. The number of carbonyl (C=O) groups is 2. The molecule has 0 bridgehead atoms. The molecule has 0 spiro atoms. The number of amides is 2. The highest BCUT2D eigenvalue weighted by atomic mass is 16.7. The molecule has 0 aliphatic carbocycles. The monoisotopic (exact) mass is 527 g/mol. The number of guanidine groups is 1. The molecule has 3 rings (SSSR count). The van der Waals surface area contributed by atoms with E-state index in [4.69, 9.17) is 26.5 Å². The largest absolute Gasteiger partial charge is 0.558 e. The Hall–Kier alpha value is -3.49. The van der Waals surface area contributed by atoms with Crippen LogP contribution in [-0.2, 0) is 27.1 Å².